The Kier molecular flexibility index (Phi) is 6.81. The first-order valence-electron chi connectivity index (χ1n) is 9.06. The van der Waals surface area contributed by atoms with E-state index in [2.05, 4.69) is 41.9 Å². The molecule has 134 valence electrons. The summed E-state index contributed by atoms with van der Waals surface area (Å²) in [4.78, 5) is 11.7. The molecular weight excluding hydrogens is 300 g/mol. The quantitative estimate of drug-likeness (QED) is 0.784. The zero-order valence-corrected chi connectivity index (χ0v) is 15.5. The van der Waals surface area contributed by atoms with E-state index in [1.165, 1.54) is 36.8 Å². The third-order valence-corrected chi connectivity index (χ3v) is 4.61. The molecule has 0 aromatic heterocycles. The van der Waals surface area contributed by atoms with Gasteiger partial charge in [-0.3, -0.25) is 4.79 Å². The summed E-state index contributed by atoms with van der Waals surface area (Å²) < 4.78 is 5.29. The SMILES string of the molecule is CN[C@H]1CC[C@@H](c2ccc(CNCC(=O)OC(C)(C)C)cc2)CC1. The van der Waals surface area contributed by atoms with Crippen molar-refractivity contribution in [2.75, 3.05) is 13.6 Å². The molecule has 24 heavy (non-hydrogen) atoms. The molecule has 1 aromatic carbocycles. The van der Waals surface area contributed by atoms with Gasteiger partial charge in [0.1, 0.15) is 5.60 Å². The molecule has 2 N–H and O–H groups in total. The molecule has 1 aliphatic rings. The average Bonchev–Trinajstić information content (AvgIpc) is 2.54. The Morgan fingerprint density at radius 1 is 1.12 bits per heavy atom. The summed E-state index contributed by atoms with van der Waals surface area (Å²) in [5.74, 6) is 0.485. The van der Waals surface area contributed by atoms with Gasteiger partial charge >= 0.3 is 5.97 Å². The maximum atomic E-state index is 11.7. The number of carbonyl (C=O) groups is 1. The highest BCUT2D eigenvalue weighted by atomic mass is 16.6. The second-order valence-corrected chi connectivity index (χ2v) is 7.77. The zero-order chi connectivity index (χ0) is 17.6. The van der Waals surface area contributed by atoms with Crippen molar-refractivity contribution in [3.8, 4) is 0 Å². The Morgan fingerprint density at radius 2 is 1.75 bits per heavy atom. The summed E-state index contributed by atoms with van der Waals surface area (Å²) in [5, 5.41) is 6.54. The number of rotatable bonds is 6. The molecule has 0 unspecified atom stereocenters. The van der Waals surface area contributed by atoms with Gasteiger partial charge in [0.2, 0.25) is 0 Å². The van der Waals surface area contributed by atoms with Crippen LogP contribution in [-0.2, 0) is 16.1 Å². The molecule has 1 fully saturated rings. The van der Waals surface area contributed by atoms with Crippen LogP contribution >= 0.6 is 0 Å². The second kappa shape index (κ2) is 8.63. The van der Waals surface area contributed by atoms with Gasteiger partial charge in [0.15, 0.2) is 0 Å². The summed E-state index contributed by atoms with van der Waals surface area (Å²) >= 11 is 0. The monoisotopic (exact) mass is 332 g/mol. The lowest BCUT2D eigenvalue weighted by atomic mass is 9.81. The van der Waals surface area contributed by atoms with Crippen LogP contribution in [0.4, 0.5) is 0 Å². The Balaban J connectivity index is 1.75. The summed E-state index contributed by atoms with van der Waals surface area (Å²) in [7, 11) is 2.06. The van der Waals surface area contributed by atoms with Gasteiger partial charge in [-0.05, 0) is 70.5 Å². The maximum absolute atomic E-state index is 11.7. The molecule has 4 heteroatoms. The molecule has 0 spiro atoms. The van der Waals surface area contributed by atoms with E-state index in [9.17, 15) is 4.79 Å². The fourth-order valence-electron chi connectivity index (χ4n) is 3.31. The standard InChI is InChI=1S/C20H32N2O2/c1-20(2,3)24-19(23)14-22-13-15-5-7-16(8-6-15)17-9-11-18(21-4)12-10-17/h5-8,17-18,21-22H,9-14H2,1-4H3/t17-,18+. The van der Waals surface area contributed by atoms with Crippen molar-refractivity contribution in [2.45, 2.75) is 70.6 Å². The number of esters is 1. The summed E-state index contributed by atoms with van der Waals surface area (Å²) in [6.45, 7) is 6.58. The van der Waals surface area contributed by atoms with Gasteiger partial charge in [0, 0.05) is 12.6 Å². The number of benzene rings is 1. The summed E-state index contributed by atoms with van der Waals surface area (Å²) in [5.41, 5.74) is 2.22. The van der Waals surface area contributed by atoms with Crippen molar-refractivity contribution in [3.63, 3.8) is 0 Å². The zero-order valence-electron chi connectivity index (χ0n) is 15.5. The fraction of sp³-hybridized carbons (Fsp3) is 0.650. The summed E-state index contributed by atoms with van der Waals surface area (Å²) in [6.07, 6.45) is 5.06. The Labute approximate surface area is 146 Å². The first kappa shape index (κ1) is 18.9. The molecule has 1 aliphatic carbocycles. The minimum atomic E-state index is -0.424. The molecule has 0 saturated heterocycles. The lowest BCUT2D eigenvalue weighted by Crippen LogP contribution is -2.31. The van der Waals surface area contributed by atoms with Crippen LogP contribution in [0.1, 0.15) is 63.5 Å². The van der Waals surface area contributed by atoms with Crippen molar-refractivity contribution in [1.29, 1.82) is 0 Å². The van der Waals surface area contributed by atoms with Crippen molar-refractivity contribution in [3.05, 3.63) is 35.4 Å². The largest absolute Gasteiger partial charge is 0.459 e. The minimum Gasteiger partial charge on any atom is -0.459 e. The third-order valence-electron chi connectivity index (χ3n) is 4.61. The minimum absolute atomic E-state index is 0.208. The number of ether oxygens (including phenoxy) is 1. The van der Waals surface area contributed by atoms with Crippen LogP contribution in [0.5, 0.6) is 0 Å². The topological polar surface area (TPSA) is 50.4 Å². The predicted octanol–water partition coefficient (Wildman–Crippen LogP) is 3.36. The van der Waals surface area contributed by atoms with E-state index in [1.54, 1.807) is 0 Å². The first-order chi connectivity index (χ1) is 11.4. The molecule has 0 heterocycles. The molecule has 0 aliphatic heterocycles. The van der Waals surface area contributed by atoms with E-state index in [0.717, 1.165) is 0 Å². The van der Waals surface area contributed by atoms with Crippen LogP contribution in [0, 0.1) is 0 Å². The summed E-state index contributed by atoms with van der Waals surface area (Å²) in [6, 6.07) is 9.52. The Hall–Kier alpha value is -1.39. The third kappa shape index (κ3) is 6.25. The van der Waals surface area contributed by atoms with E-state index in [0.29, 0.717) is 18.5 Å². The van der Waals surface area contributed by atoms with E-state index >= 15 is 0 Å². The van der Waals surface area contributed by atoms with E-state index in [1.807, 2.05) is 20.8 Å². The van der Waals surface area contributed by atoms with E-state index < -0.39 is 5.60 Å². The fourth-order valence-corrected chi connectivity index (χ4v) is 3.31. The van der Waals surface area contributed by atoms with Gasteiger partial charge in [0.05, 0.1) is 6.54 Å². The molecule has 0 atom stereocenters. The van der Waals surface area contributed by atoms with Gasteiger partial charge in [0.25, 0.3) is 0 Å². The molecule has 2 rings (SSSR count). The number of hydrogen-bond acceptors (Lipinski definition) is 4. The van der Waals surface area contributed by atoms with Gasteiger partial charge in [-0.2, -0.15) is 0 Å². The van der Waals surface area contributed by atoms with Crippen LogP contribution in [0.15, 0.2) is 24.3 Å². The highest BCUT2D eigenvalue weighted by Crippen LogP contribution is 2.32. The van der Waals surface area contributed by atoms with Crippen LogP contribution in [0.25, 0.3) is 0 Å². The molecule has 4 nitrogen and oxygen atoms in total. The number of hydrogen-bond donors (Lipinski definition) is 2. The van der Waals surface area contributed by atoms with Gasteiger partial charge < -0.3 is 15.4 Å². The normalized spacial score (nSPS) is 21.5. The highest BCUT2D eigenvalue weighted by Gasteiger charge is 2.21. The molecule has 0 amide bonds. The van der Waals surface area contributed by atoms with Crippen LogP contribution in [0.2, 0.25) is 0 Å². The average molecular weight is 332 g/mol. The second-order valence-electron chi connectivity index (χ2n) is 7.77. The van der Waals surface area contributed by atoms with Crippen molar-refractivity contribution in [2.24, 2.45) is 0 Å². The highest BCUT2D eigenvalue weighted by molar-refractivity contribution is 5.72. The van der Waals surface area contributed by atoms with Gasteiger partial charge in [-0.25, -0.2) is 0 Å². The molecular formula is C20H32N2O2. The maximum Gasteiger partial charge on any atom is 0.320 e. The van der Waals surface area contributed by atoms with Crippen LogP contribution < -0.4 is 10.6 Å². The van der Waals surface area contributed by atoms with E-state index in [4.69, 9.17) is 4.74 Å². The molecule has 0 radical (unpaired) electrons. The van der Waals surface area contributed by atoms with Crippen molar-refractivity contribution in [1.82, 2.24) is 10.6 Å². The van der Waals surface area contributed by atoms with Crippen LogP contribution in [0.3, 0.4) is 0 Å². The molecule has 1 aromatic rings. The molecule has 0 bridgehead atoms. The Bertz CT molecular complexity index is 511. The number of nitrogens with one attached hydrogen (secondary N) is 2. The lowest BCUT2D eigenvalue weighted by Gasteiger charge is -2.28. The predicted molar refractivity (Wildman–Crippen MR) is 98.1 cm³/mol. The lowest BCUT2D eigenvalue weighted by molar-refractivity contribution is -0.153. The smallest absolute Gasteiger partial charge is 0.320 e. The Morgan fingerprint density at radius 3 is 2.29 bits per heavy atom. The number of carbonyl (C=O) groups excluding carboxylic acids is 1. The van der Waals surface area contributed by atoms with Gasteiger partial charge in [-0.1, -0.05) is 24.3 Å². The first-order valence-corrected chi connectivity index (χ1v) is 9.06. The van der Waals surface area contributed by atoms with Crippen molar-refractivity contribution >= 4 is 5.97 Å². The van der Waals surface area contributed by atoms with Gasteiger partial charge in [-0.15, -0.1) is 0 Å². The van der Waals surface area contributed by atoms with Crippen LogP contribution in [-0.4, -0.2) is 31.2 Å². The van der Waals surface area contributed by atoms with E-state index in [-0.39, 0.29) is 12.5 Å². The van der Waals surface area contributed by atoms with Crippen molar-refractivity contribution < 1.29 is 9.53 Å². The molecule has 1 saturated carbocycles.